The molecule has 2 amide bonds. The summed E-state index contributed by atoms with van der Waals surface area (Å²) in [6, 6.07) is 17.2. The molecule has 0 spiro atoms. The molecule has 0 radical (unpaired) electrons. The van der Waals surface area contributed by atoms with Crippen LogP contribution in [0.25, 0.3) is 0 Å². The number of amides is 2. The van der Waals surface area contributed by atoms with Gasteiger partial charge in [0.05, 0.1) is 10.6 Å². The molecule has 7 nitrogen and oxygen atoms in total. The summed E-state index contributed by atoms with van der Waals surface area (Å²) in [4.78, 5) is 29.0. The first-order chi connectivity index (χ1) is 20.0. The quantitative estimate of drug-likeness (QED) is 0.245. The minimum Gasteiger partial charge on any atom is -0.352 e. The lowest BCUT2D eigenvalue weighted by atomic mass is 9.95. The summed E-state index contributed by atoms with van der Waals surface area (Å²) in [5.41, 5.74) is 1.81. The smallest absolute Gasteiger partial charge is 0.264 e. The Labute approximate surface area is 266 Å². The first-order valence-corrected chi connectivity index (χ1v) is 16.8. The van der Waals surface area contributed by atoms with Gasteiger partial charge in [-0.25, -0.2) is 8.42 Å². The Morgan fingerprint density at radius 1 is 0.976 bits per heavy atom. The molecule has 3 aromatic rings. The zero-order valence-corrected chi connectivity index (χ0v) is 27.4. The highest BCUT2D eigenvalue weighted by molar-refractivity contribution is 9.10. The highest BCUT2D eigenvalue weighted by Crippen LogP contribution is 2.28. The number of nitrogens with zero attached hydrogens (tertiary/aromatic N) is 2. The standard InChI is InChI=1S/C31H34BrCl2N3O4S/c1-21-8-16-28(17-9-21)42(40,41)37(27-14-11-24(32)12-15-27)20-30(38)36(19-23-10-13-25(33)18-29(23)34)22(2)31(39)35-26-6-4-3-5-7-26/h8-18,22,26H,3-7,19-20H2,1-2H3,(H,35,39). The van der Waals surface area contributed by atoms with Crippen LogP contribution in [-0.2, 0) is 26.2 Å². The Balaban J connectivity index is 1.69. The molecule has 0 aliphatic heterocycles. The SMILES string of the molecule is Cc1ccc(S(=O)(=O)N(CC(=O)N(Cc2ccc(Cl)cc2Cl)C(C)C(=O)NC2CCCCC2)c2ccc(Br)cc2)cc1. The van der Waals surface area contributed by atoms with E-state index in [0.717, 1.165) is 46.4 Å². The second kappa shape index (κ2) is 14.3. The Morgan fingerprint density at radius 2 is 1.62 bits per heavy atom. The fourth-order valence-electron chi connectivity index (χ4n) is 4.96. The lowest BCUT2D eigenvalue weighted by Crippen LogP contribution is -2.53. The molecule has 1 fully saturated rings. The third kappa shape index (κ3) is 8.07. The zero-order valence-electron chi connectivity index (χ0n) is 23.5. The molecule has 1 unspecified atom stereocenters. The molecule has 0 aromatic heterocycles. The van der Waals surface area contributed by atoms with Crippen molar-refractivity contribution in [2.75, 3.05) is 10.8 Å². The van der Waals surface area contributed by atoms with E-state index in [-0.39, 0.29) is 23.4 Å². The number of rotatable bonds is 10. The first-order valence-electron chi connectivity index (χ1n) is 13.8. The normalized spacial score (nSPS) is 14.7. The second-order valence-electron chi connectivity index (χ2n) is 10.6. The maximum Gasteiger partial charge on any atom is 0.264 e. The van der Waals surface area contributed by atoms with Crippen LogP contribution in [-0.4, -0.2) is 43.8 Å². The van der Waals surface area contributed by atoms with Gasteiger partial charge in [-0.3, -0.25) is 13.9 Å². The number of aryl methyl sites for hydroxylation is 1. The van der Waals surface area contributed by atoms with E-state index in [1.165, 1.54) is 17.0 Å². The van der Waals surface area contributed by atoms with Gasteiger partial charge >= 0.3 is 0 Å². The molecular formula is C31H34BrCl2N3O4S. The van der Waals surface area contributed by atoms with E-state index in [1.807, 2.05) is 6.92 Å². The Hall–Kier alpha value is -2.59. The fourth-order valence-corrected chi connectivity index (χ4v) is 7.11. The summed E-state index contributed by atoms with van der Waals surface area (Å²) in [6.07, 6.45) is 5.01. The molecule has 224 valence electrons. The van der Waals surface area contributed by atoms with Crippen LogP contribution < -0.4 is 9.62 Å². The van der Waals surface area contributed by atoms with Crippen molar-refractivity contribution in [1.29, 1.82) is 0 Å². The number of hydrogen-bond donors (Lipinski definition) is 1. The van der Waals surface area contributed by atoms with Crippen molar-refractivity contribution in [3.05, 3.63) is 92.4 Å². The van der Waals surface area contributed by atoms with Gasteiger partial charge in [0.15, 0.2) is 0 Å². The van der Waals surface area contributed by atoms with Crippen molar-refractivity contribution in [2.45, 2.75) is 69.5 Å². The molecule has 0 bridgehead atoms. The van der Waals surface area contributed by atoms with Crippen LogP contribution in [0.15, 0.2) is 76.1 Å². The number of halogens is 3. The van der Waals surface area contributed by atoms with Crippen LogP contribution in [0.3, 0.4) is 0 Å². The first kappa shape index (κ1) is 32.3. The van der Waals surface area contributed by atoms with Crippen molar-refractivity contribution >= 4 is 66.7 Å². The van der Waals surface area contributed by atoms with Gasteiger partial charge in [-0.15, -0.1) is 0 Å². The van der Waals surface area contributed by atoms with Gasteiger partial charge in [0, 0.05) is 27.1 Å². The van der Waals surface area contributed by atoms with Crippen molar-refractivity contribution in [3.63, 3.8) is 0 Å². The summed E-state index contributed by atoms with van der Waals surface area (Å²) < 4.78 is 29.7. The Bertz CT molecular complexity index is 1510. The van der Waals surface area contributed by atoms with Gasteiger partial charge in [0.1, 0.15) is 12.6 Å². The number of anilines is 1. The van der Waals surface area contributed by atoms with Crippen LogP contribution in [0.1, 0.15) is 50.2 Å². The van der Waals surface area contributed by atoms with Gasteiger partial charge < -0.3 is 10.2 Å². The summed E-state index contributed by atoms with van der Waals surface area (Å²) in [5.74, 6) is -0.845. The molecule has 1 aliphatic carbocycles. The van der Waals surface area contributed by atoms with Crippen molar-refractivity contribution in [1.82, 2.24) is 10.2 Å². The number of carbonyl (C=O) groups is 2. The van der Waals surface area contributed by atoms with E-state index < -0.39 is 28.5 Å². The third-order valence-corrected chi connectivity index (χ3v) is 10.4. The molecule has 0 saturated heterocycles. The van der Waals surface area contributed by atoms with E-state index in [0.29, 0.717) is 21.3 Å². The lowest BCUT2D eigenvalue weighted by molar-refractivity contribution is -0.139. The largest absolute Gasteiger partial charge is 0.352 e. The van der Waals surface area contributed by atoms with Crippen LogP contribution in [0.2, 0.25) is 10.0 Å². The second-order valence-corrected chi connectivity index (χ2v) is 14.2. The Kier molecular flexibility index (Phi) is 11.0. The maximum atomic E-state index is 14.1. The monoisotopic (exact) mass is 693 g/mol. The van der Waals surface area contributed by atoms with Crippen molar-refractivity contribution < 1.29 is 18.0 Å². The number of benzene rings is 3. The van der Waals surface area contributed by atoms with E-state index in [4.69, 9.17) is 23.2 Å². The summed E-state index contributed by atoms with van der Waals surface area (Å²) in [5, 5.41) is 3.88. The van der Waals surface area contributed by atoms with E-state index >= 15 is 0 Å². The van der Waals surface area contributed by atoms with Crippen LogP contribution in [0.5, 0.6) is 0 Å². The van der Waals surface area contributed by atoms with E-state index in [1.54, 1.807) is 61.5 Å². The van der Waals surface area contributed by atoms with Crippen LogP contribution in [0, 0.1) is 6.92 Å². The maximum absolute atomic E-state index is 14.1. The van der Waals surface area contributed by atoms with Crippen molar-refractivity contribution in [3.8, 4) is 0 Å². The molecule has 4 rings (SSSR count). The van der Waals surface area contributed by atoms with Crippen LogP contribution in [0.4, 0.5) is 5.69 Å². The summed E-state index contributed by atoms with van der Waals surface area (Å²) in [6.45, 7) is 2.99. The topological polar surface area (TPSA) is 86.8 Å². The molecule has 1 saturated carbocycles. The van der Waals surface area contributed by atoms with Gasteiger partial charge in [-0.05, 0) is 80.8 Å². The molecule has 1 N–H and O–H groups in total. The molecule has 1 atom stereocenters. The highest BCUT2D eigenvalue weighted by Gasteiger charge is 2.33. The average molecular weight is 696 g/mol. The lowest BCUT2D eigenvalue weighted by Gasteiger charge is -2.33. The highest BCUT2D eigenvalue weighted by atomic mass is 79.9. The predicted octanol–water partition coefficient (Wildman–Crippen LogP) is 7.13. The molecule has 1 aliphatic rings. The number of hydrogen-bond acceptors (Lipinski definition) is 4. The number of carbonyl (C=O) groups excluding carboxylic acids is 2. The third-order valence-electron chi connectivity index (χ3n) is 7.48. The zero-order chi connectivity index (χ0) is 30.4. The van der Waals surface area contributed by atoms with Gasteiger partial charge in [-0.1, -0.05) is 82.2 Å². The molecular weight excluding hydrogens is 661 g/mol. The predicted molar refractivity (Wildman–Crippen MR) is 171 cm³/mol. The van der Waals surface area contributed by atoms with Crippen molar-refractivity contribution in [2.24, 2.45) is 0 Å². The summed E-state index contributed by atoms with van der Waals surface area (Å²) in [7, 11) is -4.14. The van der Waals surface area contributed by atoms with E-state index in [9.17, 15) is 18.0 Å². The molecule has 0 heterocycles. The van der Waals surface area contributed by atoms with Gasteiger partial charge in [0.2, 0.25) is 11.8 Å². The van der Waals surface area contributed by atoms with E-state index in [2.05, 4.69) is 21.2 Å². The minimum atomic E-state index is -4.14. The average Bonchev–Trinajstić information content (AvgIpc) is 2.96. The molecule has 42 heavy (non-hydrogen) atoms. The Morgan fingerprint density at radius 3 is 2.24 bits per heavy atom. The minimum absolute atomic E-state index is 0.00710. The fraction of sp³-hybridized carbons (Fsp3) is 0.355. The number of nitrogens with one attached hydrogen (secondary N) is 1. The molecule has 11 heteroatoms. The van der Waals surface area contributed by atoms with Gasteiger partial charge in [0.25, 0.3) is 10.0 Å². The van der Waals surface area contributed by atoms with Gasteiger partial charge in [-0.2, -0.15) is 0 Å². The molecule has 3 aromatic carbocycles. The van der Waals surface area contributed by atoms with Crippen LogP contribution >= 0.6 is 39.1 Å². The number of sulfonamides is 1. The summed E-state index contributed by atoms with van der Waals surface area (Å²) >= 11 is 16.0.